The van der Waals surface area contributed by atoms with Crippen LogP contribution in [0.25, 0.3) is 0 Å². The quantitative estimate of drug-likeness (QED) is 0.864. The second-order valence-electron chi connectivity index (χ2n) is 7.15. The number of hydrogen-bond acceptors (Lipinski definition) is 4. The summed E-state index contributed by atoms with van der Waals surface area (Å²) in [6.45, 7) is 4.66. The molecule has 1 aliphatic heterocycles. The van der Waals surface area contributed by atoms with Crippen molar-refractivity contribution in [1.29, 1.82) is 5.26 Å². The molecule has 1 saturated carbocycles. The van der Waals surface area contributed by atoms with E-state index in [1.54, 1.807) is 7.11 Å². The molecular weight excluding hydrogens is 314 g/mol. The normalized spacial score (nSPS) is 23.2. The summed E-state index contributed by atoms with van der Waals surface area (Å²) >= 11 is 0. The van der Waals surface area contributed by atoms with Crippen molar-refractivity contribution in [1.82, 2.24) is 10.2 Å². The lowest BCUT2D eigenvalue weighted by atomic mass is 9.89. The van der Waals surface area contributed by atoms with Crippen molar-refractivity contribution in [3.05, 3.63) is 29.3 Å². The number of nitrogens with zero attached hydrogens (tertiary/aromatic N) is 2. The Balaban J connectivity index is 1.57. The molecule has 1 saturated heterocycles. The molecule has 25 heavy (non-hydrogen) atoms. The minimum Gasteiger partial charge on any atom is -0.495 e. The standard InChI is InChI=1S/C20H27N3O2/c1-3-15-13-23(20(24)16-5-6-16)9-8-18(15)22-12-14-4-7-19(25-2)17(10-14)11-21/h4,7,10,15-16,18,22H,3,5-6,8-9,12-13H2,1-2H3. The number of amides is 1. The average molecular weight is 341 g/mol. The highest BCUT2D eigenvalue weighted by Gasteiger charge is 2.37. The van der Waals surface area contributed by atoms with Gasteiger partial charge in [0.15, 0.2) is 0 Å². The first-order valence-corrected chi connectivity index (χ1v) is 9.25. The van der Waals surface area contributed by atoms with E-state index in [9.17, 15) is 10.1 Å². The molecule has 134 valence electrons. The van der Waals surface area contributed by atoms with Gasteiger partial charge in [-0.2, -0.15) is 5.26 Å². The predicted molar refractivity (Wildman–Crippen MR) is 96.0 cm³/mol. The molecule has 1 amide bonds. The van der Waals surface area contributed by atoms with E-state index in [1.807, 2.05) is 18.2 Å². The summed E-state index contributed by atoms with van der Waals surface area (Å²) < 4.78 is 5.20. The lowest BCUT2D eigenvalue weighted by Crippen LogP contribution is -2.51. The first-order chi connectivity index (χ1) is 12.2. The largest absolute Gasteiger partial charge is 0.495 e. The van der Waals surface area contributed by atoms with Gasteiger partial charge in [0, 0.05) is 31.6 Å². The zero-order chi connectivity index (χ0) is 17.8. The number of nitriles is 1. The lowest BCUT2D eigenvalue weighted by molar-refractivity contribution is -0.134. The van der Waals surface area contributed by atoms with E-state index in [-0.39, 0.29) is 0 Å². The monoisotopic (exact) mass is 341 g/mol. The SMILES string of the molecule is CCC1CN(C(=O)C2CC2)CCC1NCc1ccc(OC)c(C#N)c1. The van der Waals surface area contributed by atoms with Gasteiger partial charge in [-0.1, -0.05) is 19.4 Å². The van der Waals surface area contributed by atoms with Crippen LogP contribution in [0.2, 0.25) is 0 Å². The molecule has 0 radical (unpaired) electrons. The minimum absolute atomic E-state index is 0.311. The molecule has 2 aliphatic rings. The number of nitrogens with one attached hydrogen (secondary N) is 1. The summed E-state index contributed by atoms with van der Waals surface area (Å²) in [5.74, 6) is 1.78. The van der Waals surface area contributed by atoms with Crippen molar-refractivity contribution in [2.75, 3.05) is 20.2 Å². The van der Waals surface area contributed by atoms with Gasteiger partial charge in [-0.3, -0.25) is 4.79 Å². The third-order valence-corrected chi connectivity index (χ3v) is 5.45. The summed E-state index contributed by atoms with van der Waals surface area (Å²) in [5, 5.41) is 12.9. The van der Waals surface area contributed by atoms with Gasteiger partial charge < -0.3 is 15.0 Å². The first-order valence-electron chi connectivity index (χ1n) is 9.25. The van der Waals surface area contributed by atoms with Crippen LogP contribution in [0.5, 0.6) is 5.75 Å². The van der Waals surface area contributed by atoms with Crippen molar-refractivity contribution >= 4 is 5.91 Å². The minimum atomic E-state index is 0.311. The molecule has 0 bridgehead atoms. The second kappa shape index (κ2) is 7.88. The number of carbonyl (C=O) groups is 1. The number of methoxy groups -OCH3 is 1. The average Bonchev–Trinajstić information content (AvgIpc) is 3.50. The van der Waals surface area contributed by atoms with E-state index >= 15 is 0 Å². The van der Waals surface area contributed by atoms with Gasteiger partial charge >= 0.3 is 0 Å². The van der Waals surface area contributed by atoms with E-state index in [0.29, 0.717) is 35.1 Å². The molecule has 3 rings (SSSR count). The van der Waals surface area contributed by atoms with Gasteiger partial charge in [-0.05, 0) is 42.9 Å². The first kappa shape index (κ1) is 17.8. The molecule has 5 heteroatoms. The zero-order valence-electron chi connectivity index (χ0n) is 15.1. The van der Waals surface area contributed by atoms with Gasteiger partial charge in [0.1, 0.15) is 11.8 Å². The van der Waals surface area contributed by atoms with Crippen molar-refractivity contribution < 1.29 is 9.53 Å². The number of piperidine rings is 1. The van der Waals surface area contributed by atoms with Crippen LogP contribution in [0.1, 0.15) is 43.7 Å². The van der Waals surface area contributed by atoms with Crippen LogP contribution < -0.4 is 10.1 Å². The van der Waals surface area contributed by atoms with Crippen LogP contribution in [0, 0.1) is 23.2 Å². The molecule has 1 heterocycles. The highest BCUT2D eigenvalue weighted by molar-refractivity contribution is 5.81. The molecule has 2 unspecified atom stereocenters. The summed E-state index contributed by atoms with van der Waals surface area (Å²) in [6.07, 6.45) is 4.22. The summed E-state index contributed by atoms with van der Waals surface area (Å²) in [7, 11) is 1.58. The topological polar surface area (TPSA) is 65.4 Å². The number of carbonyl (C=O) groups excluding carboxylic acids is 1. The maximum absolute atomic E-state index is 12.3. The van der Waals surface area contributed by atoms with Gasteiger partial charge in [0.2, 0.25) is 5.91 Å². The van der Waals surface area contributed by atoms with Gasteiger partial charge in [0.05, 0.1) is 12.7 Å². The Kier molecular flexibility index (Phi) is 5.60. The lowest BCUT2D eigenvalue weighted by Gasteiger charge is -2.39. The van der Waals surface area contributed by atoms with Crippen LogP contribution in [0.3, 0.4) is 0 Å². The van der Waals surface area contributed by atoms with Gasteiger partial charge in [-0.15, -0.1) is 0 Å². The van der Waals surface area contributed by atoms with E-state index < -0.39 is 0 Å². The molecular formula is C20H27N3O2. The maximum Gasteiger partial charge on any atom is 0.225 e. The summed E-state index contributed by atoms with van der Waals surface area (Å²) in [6, 6.07) is 8.34. The molecule has 2 fully saturated rings. The Bertz CT molecular complexity index is 663. The summed E-state index contributed by atoms with van der Waals surface area (Å²) in [4.78, 5) is 14.4. The molecule has 1 aromatic carbocycles. The predicted octanol–water partition coefficient (Wildman–Crippen LogP) is 2.69. The van der Waals surface area contributed by atoms with Crippen LogP contribution in [-0.4, -0.2) is 37.0 Å². The zero-order valence-corrected chi connectivity index (χ0v) is 15.1. The van der Waals surface area contributed by atoms with Crippen LogP contribution in [-0.2, 0) is 11.3 Å². The van der Waals surface area contributed by atoms with Crippen LogP contribution >= 0.6 is 0 Å². The molecule has 0 spiro atoms. The third-order valence-electron chi connectivity index (χ3n) is 5.45. The Morgan fingerprint density at radius 3 is 2.84 bits per heavy atom. The molecule has 5 nitrogen and oxygen atoms in total. The Labute approximate surface area is 150 Å². The van der Waals surface area contributed by atoms with E-state index in [1.165, 1.54) is 0 Å². The molecule has 1 aliphatic carbocycles. The van der Waals surface area contributed by atoms with Crippen LogP contribution in [0.4, 0.5) is 0 Å². The second-order valence-corrected chi connectivity index (χ2v) is 7.15. The van der Waals surface area contributed by atoms with E-state index in [4.69, 9.17) is 4.74 Å². The molecule has 2 atom stereocenters. The molecule has 0 aromatic heterocycles. The van der Waals surface area contributed by atoms with Gasteiger partial charge in [-0.25, -0.2) is 0 Å². The van der Waals surface area contributed by atoms with E-state index in [2.05, 4.69) is 23.2 Å². The number of likely N-dealkylation sites (tertiary alicyclic amines) is 1. The smallest absolute Gasteiger partial charge is 0.225 e. The number of ether oxygens (including phenoxy) is 1. The third kappa shape index (κ3) is 4.13. The van der Waals surface area contributed by atoms with Gasteiger partial charge in [0.25, 0.3) is 0 Å². The fourth-order valence-electron chi connectivity index (χ4n) is 3.70. The summed E-state index contributed by atoms with van der Waals surface area (Å²) in [5.41, 5.74) is 1.65. The Morgan fingerprint density at radius 2 is 2.20 bits per heavy atom. The van der Waals surface area contributed by atoms with Crippen molar-refractivity contribution in [3.63, 3.8) is 0 Å². The number of rotatable bonds is 6. The highest BCUT2D eigenvalue weighted by Crippen LogP contribution is 2.33. The number of hydrogen-bond donors (Lipinski definition) is 1. The van der Waals surface area contributed by atoms with Crippen molar-refractivity contribution in [3.8, 4) is 11.8 Å². The maximum atomic E-state index is 12.3. The van der Waals surface area contributed by atoms with Crippen molar-refractivity contribution in [2.24, 2.45) is 11.8 Å². The fourth-order valence-corrected chi connectivity index (χ4v) is 3.70. The van der Waals surface area contributed by atoms with Crippen molar-refractivity contribution in [2.45, 2.75) is 45.2 Å². The molecule has 1 N–H and O–H groups in total. The van der Waals surface area contributed by atoms with E-state index in [0.717, 1.165) is 50.9 Å². The number of benzene rings is 1. The highest BCUT2D eigenvalue weighted by atomic mass is 16.5. The Hall–Kier alpha value is -2.06. The fraction of sp³-hybridized carbons (Fsp3) is 0.600. The Morgan fingerprint density at radius 1 is 1.40 bits per heavy atom. The van der Waals surface area contributed by atoms with Crippen LogP contribution in [0.15, 0.2) is 18.2 Å². The molecule has 1 aromatic rings.